The van der Waals surface area contributed by atoms with Gasteiger partial charge in [0.1, 0.15) is 5.69 Å². The Morgan fingerprint density at radius 1 is 1.37 bits per heavy atom. The number of anilines is 1. The van der Waals surface area contributed by atoms with E-state index in [1.165, 1.54) is 0 Å². The first kappa shape index (κ1) is 14.6. The van der Waals surface area contributed by atoms with Crippen molar-refractivity contribution in [2.45, 2.75) is 6.92 Å². The highest BCUT2D eigenvalue weighted by molar-refractivity contribution is 6.34. The Balaban J connectivity index is 3.26. The Labute approximate surface area is 111 Å². The quantitative estimate of drug-likeness (QED) is 0.671. The summed E-state index contributed by atoms with van der Waals surface area (Å²) in [6.07, 6.45) is -0.943. The third-order valence-electron chi connectivity index (χ3n) is 1.96. The second-order valence-electron chi connectivity index (χ2n) is 3.18. The molecular formula is C9H8ClN3O6. The first-order valence-corrected chi connectivity index (χ1v) is 5.30. The highest BCUT2D eigenvalue weighted by atomic mass is 35.5. The fourth-order valence-electron chi connectivity index (χ4n) is 1.22. The third kappa shape index (κ3) is 3.52. The highest BCUT2D eigenvalue weighted by Gasteiger charge is 2.25. The first-order chi connectivity index (χ1) is 8.86. The molecule has 19 heavy (non-hydrogen) atoms. The summed E-state index contributed by atoms with van der Waals surface area (Å²) in [5.74, 6) is 0. The van der Waals surface area contributed by atoms with Gasteiger partial charge in [0.05, 0.1) is 27.5 Å². The van der Waals surface area contributed by atoms with Crippen molar-refractivity contribution in [1.29, 1.82) is 0 Å². The summed E-state index contributed by atoms with van der Waals surface area (Å²) in [7, 11) is 0. The minimum Gasteiger partial charge on any atom is -0.450 e. The molecule has 10 heteroatoms. The lowest BCUT2D eigenvalue weighted by atomic mass is 10.2. The molecule has 1 amide bonds. The molecule has 0 aliphatic rings. The van der Waals surface area contributed by atoms with Gasteiger partial charge >= 0.3 is 11.8 Å². The van der Waals surface area contributed by atoms with E-state index in [4.69, 9.17) is 11.6 Å². The number of benzene rings is 1. The molecular weight excluding hydrogens is 282 g/mol. The molecule has 1 rings (SSSR count). The van der Waals surface area contributed by atoms with Crippen molar-refractivity contribution < 1.29 is 19.4 Å². The van der Waals surface area contributed by atoms with Crippen LogP contribution in [-0.4, -0.2) is 22.5 Å². The third-order valence-corrected chi connectivity index (χ3v) is 2.26. The molecule has 102 valence electrons. The summed E-state index contributed by atoms with van der Waals surface area (Å²) < 4.78 is 4.55. The highest BCUT2D eigenvalue weighted by Crippen LogP contribution is 2.36. The van der Waals surface area contributed by atoms with Crippen LogP contribution in [0.4, 0.5) is 21.9 Å². The van der Waals surface area contributed by atoms with Gasteiger partial charge < -0.3 is 4.74 Å². The van der Waals surface area contributed by atoms with Crippen LogP contribution in [0.1, 0.15) is 6.92 Å². The fourth-order valence-corrected chi connectivity index (χ4v) is 1.48. The van der Waals surface area contributed by atoms with E-state index in [2.05, 4.69) is 10.1 Å². The lowest BCUT2D eigenvalue weighted by Crippen LogP contribution is -2.15. The van der Waals surface area contributed by atoms with Crippen LogP contribution < -0.4 is 5.32 Å². The molecule has 9 nitrogen and oxygen atoms in total. The van der Waals surface area contributed by atoms with Crippen molar-refractivity contribution in [3.8, 4) is 0 Å². The van der Waals surface area contributed by atoms with Crippen LogP contribution in [0.15, 0.2) is 12.1 Å². The molecule has 0 saturated carbocycles. The molecule has 0 heterocycles. The smallest absolute Gasteiger partial charge is 0.411 e. The Kier molecular flexibility index (Phi) is 4.59. The van der Waals surface area contributed by atoms with E-state index in [0.29, 0.717) is 6.07 Å². The molecule has 1 aromatic rings. The predicted molar refractivity (Wildman–Crippen MR) is 65.4 cm³/mol. The van der Waals surface area contributed by atoms with E-state index in [0.717, 1.165) is 6.07 Å². The first-order valence-electron chi connectivity index (χ1n) is 4.93. The van der Waals surface area contributed by atoms with Crippen LogP contribution in [0.3, 0.4) is 0 Å². The van der Waals surface area contributed by atoms with Crippen molar-refractivity contribution in [2.75, 3.05) is 11.9 Å². The summed E-state index contributed by atoms with van der Waals surface area (Å²) in [5, 5.41) is 23.1. The van der Waals surface area contributed by atoms with Crippen LogP contribution in [-0.2, 0) is 4.74 Å². The largest absolute Gasteiger partial charge is 0.450 e. The second kappa shape index (κ2) is 5.96. The molecule has 0 fully saturated rings. The molecule has 0 aliphatic heterocycles. The number of nitrogens with one attached hydrogen (secondary N) is 1. The number of nitrogens with zero attached hydrogens (tertiary/aromatic N) is 2. The van der Waals surface area contributed by atoms with Gasteiger partial charge in [-0.1, -0.05) is 11.6 Å². The minimum atomic E-state index is -0.943. The Hall–Kier alpha value is -2.42. The predicted octanol–water partition coefficient (Wildman–Crippen LogP) is 2.72. The summed E-state index contributed by atoms with van der Waals surface area (Å²) in [6, 6.07) is 1.60. The number of carbonyl (C=O) groups is 1. The van der Waals surface area contributed by atoms with Gasteiger partial charge in [0.15, 0.2) is 0 Å². The van der Waals surface area contributed by atoms with Crippen LogP contribution in [0, 0.1) is 20.2 Å². The average molecular weight is 290 g/mol. The van der Waals surface area contributed by atoms with E-state index >= 15 is 0 Å². The Bertz CT molecular complexity index is 547. The van der Waals surface area contributed by atoms with E-state index in [1.807, 2.05) is 0 Å². The van der Waals surface area contributed by atoms with E-state index < -0.39 is 27.3 Å². The number of ether oxygens (including phenoxy) is 1. The molecule has 0 radical (unpaired) electrons. The second-order valence-corrected chi connectivity index (χ2v) is 3.59. The zero-order chi connectivity index (χ0) is 14.6. The van der Waals surface area contributed by atoms with Gasteiger partial charge in [0.2, 0.25) is 0 Å². The summed E-state index contributed by atoms with van der Waals surface area (Å²) in [4.78, 5) is 30.9. The van der Waals surface area contributed by atoms with Gasteiger partial charge in [0, 0.05) is 6.07 Å². The molecule has 0 unspecified atom stereocenters. The summed E-state index contributed by atoms with van der Waals surface area (Å²) in [6.45, 7) is 1.61. The zero-order valence-electron chi connectivity index (χ0n) is 9.58. The van der Waals surface area contributed by atoms with Gasteiger partial charge in [-0.05, 0) is 6.92 Å². The number of amides is 1. The maximum absolute atomic E-state index is 11.2. The van der Waals surface area contributed by atoms with Crippen LogP contribution >= 0.6 is 11.6 Å². The topological polar surface area (TPSA) is 125 Å². The number of nitro groups is 2. The normalized spacial score (nSPS) is 9.79. The van der Waals surface area contributed by atoms with Crippen molar-refractivity contribution >= 4 is 34.8 Å². The number of halogens is 1. The molecule has 1 aromatic carbocycles. The van der Waals surface area contributed by atoms with Gasteiger partial charge in [-0.15, -0.1) is 0 Å². The number of rotatable bonds is 4. The molecule has 0 bridgehead atoms. The number of hydrogen-bond acceptors (Lipinski definition) is 6. The van der Waals surface area contributed by atoms with Gasteiger partial charge in [-0.25, -0.2) is 4.79 Å². The van der Waals surface area contributed by atoms with Crippen LogP contribution in [0.2, 0.25) is 5.02 Å². The fraction of sp³-hybridized carbons (Fsp3) is 0.222. The van der Waals surface area contributed by atoms with Crippen molar-refractivity contribution in [3.05, 3.63) is 37.4 Å². The molecule has 0 aromatic heterocycles. The lowest BCUT2D eigenvalue weighted by molar-refractivity contribution is -0.393. The average Bonchev–Trinajstić information content (AvgIpc) is 2.31. The van der Waals surface area contributed by atoms with Crippen molar-refractivity contribution in [2.24, 2.45) is 0 Å². The lowest BCUT2D eigenvalue weighted by Gasteiger charge is -2.07. The number of carbonyl (C=O) groups excluding carboxylic acids is 1. The molecule has 0 saturated heterocycles. The Morgan fingerprint density at radius 2 is 2.00 bits per heavy atom. The zero-order valence-corrected chi connectivity index (χ0v) is 10.3. The van der Waals surface area contributed by atoms with E-state index in [1.54, 1.807) is 6.92 Å². The molecule has 0 aliphatic carbocycles. The van der Waals surface area contributed by atoms with Crippen molar-refractivity contribution in [3.63, 3.8) is 0 Å². The van der Waals surface area contributed by atoms with Crippen LogP contribution in [0.5, 0.6) is 0 Å². The maximum atomic E-state index is 11.2. The molecule has 0 spiro atoms. The monoisotopic (exact) mass is 289 g/mol. The van der Waals surface area contributed by atoms with Gasteiger partial charge in [0.25, 0.3) is 5.69 Å². The van der Waals surface area contributed by atoms with Crippen LogP contribution in [0.25, 0.3) is 0 Å². The standard InChI is InChI=1S/C9H8ClN3O6/c1-2-19-9(14)11-8-6(10)3-5(12(15)16)4-7(8)13(17)18/h3-4H,2H2,1H3,(H,11,14). The maximum Gasteiger partial charge on any atom is 0.411 e. The summed E-state index contributed by atoms with van der Waals surface area (Å²) in [5.41, 5.74) is -1.59. The van der Waals surface area contributed by atoms with E-state index in [9.17, 15) is 25.0 Å². The SMILES string of the molecule is CCOC(=O)Nc1c(Cl)cc([N+](=O)[O-])cc1[N+](=O)[O-]. The molecule has 1 N–H and O–H groups in total. The van der Waals surface area contributed by atoms with Crippen molar-refractivity contribution in [1.82, 2.24) is 0 Å². The van der Waals surface area contributed by atoms with E-state index in [-0.39, 0.29) is 17.3 Å². The number of hydrogen-bond donors (Lipinski definition) is 1. The molecule has 0 atom stereocenters. The minimum absolute atomic E-state index is 0.0598. The number of non-ortho nitro benzene ring substituents is 1. The Morgan fingerprint density at radius 3 is 2.47 bits per heavy atom. The number of nitro benzene ring substituents is 2. The summed E-state index contributed by atoms with van der Waals surface area (Å²) >= 11 is 5.69. The van der Waals surface area contributed by atoms with Gasteiger partial charge in [-0.3, -0.25) is 25.5 Å². The van der Waals surface area contributed by atoms with Gasteiger partial charge in [-0.2, -0.15) is 0 Å².